The van der Waals surface area contributed by atoms with E-state index in [2.05, 4.69) is 4.74 Å². The fourth-order valence-corrected chi connectivity index (χ4v) is 1.02. The lowest BCUT2D eigenvalue weighted by atomic mass is 10.1. The molecule has 1 rings (SSSR count). The summed E-state index contributed by atoms with van der Waals surface area (Å²) in [5.41, 5.74) is -0.584. The molecule has 1 atom stereocenters. The SMILES string of the molecule is O=C(OCCC1CCO1)C(=CF)CF. The first kappa shape index (κ1) is 11.1. The average Bonchev–Trinajstić information content (AvgIpc) is 2.11. The maximum absolute atomic E-state index is 11.9. The lowest BCUT2D eigenvalue weighted by Crippen LogP contribution is -2.28. The van der Waals surface area contributed by atoms with Crippen LogP contribution in [0.5, 0.6) is 0 Å². The maximum atomic E-state index is 11.9. The molecule has 14 heavy (non-hydrogen) atoms. The second kappa shape index (κ2) is 5.70. The molecule has 0 N–H and O–H groups in total. The Morgan fingerprint density at radius 3 is 2.79 bits per heavy atom. The molecule has 0 radical (unpaired) electrons. The van der Waals surface area contributed by atoms with Crippen LogP contribution in [0.3, 0.4) is 0 Å². The summed E-state index contributed by atoms with van der Waals surface area (Å²) in [6.07, 6.45) is 1.60. The highest BCUT2D eigenvalue weighted by molar-refractivity contribution is 5.88. The van der Waals surface area contributed by atoms with Crippen LogP contribution in [-0.4, -0.2) is 32.0 Å². The molecule has 80 valence electrons. The minimum Gasteiger partial charge on any atom is -0.462 e. The van der Waals surface area contributed by atoms with E-state index >= 15 is 0 Å². The van der Waals surface area contributed by atoms with Gasteiger partial charge in [0.2, 0.25) is 0 Å². The van der Waals surface area contributed by atoms with Gasteiger partial charge in [-0.1, -0.05) is 0 Å². The van der Waals surface area contributed by atoms with Gasteiger partial charge < -0.3 is 9.47 Å². The molecule has 0 aromatic carbocycles. The van der Waals surface area contributed by atoms with Gasteiger partial charge >= 0.3 is 5.97 Å². The van der Waals surface area contributed by atoms with Crippen molar-refractivity contribution in [2.75, 3.05) is 19.9 Å². The number of halogens is 2. The molecular formula is C9H12F2O3. The van der Waals surface area contributed by atoms with Crippen molar-refractivity contribution >= 4 is 5.97 Å². The topological polar surface area (TPSA) is 35.5 Å². The number of rotatable bonds is 5. The number of alkyl halides is 1. The van der Waals surface area contributed by atoms with E-state index in [-0.39, 0.29) is 19.0 Å². The Hall–Kier alpha value is -0.970. The summed E-state index contributed by atoms with van der Waals surface area (Å²) in [5, 5.41) is 0. The van der Waals surface area contributed by atoms with Gasteiger partial charge in [0.25, 0.3) is 0 Å². The van der Waals surface area contributed by atoms with Gasteiger partial charge in [-0.3, -0.25) is 0 Å². The largest absolute Gasteiger partial charge is 0.462 e. The Morgan fingerprint density at radius 1 is 1.64 bits per heavy atom. The molecule has 0 aliphatic carbocycles. The zero-order valence-electron chi connectivity index (χ0n) is 7.67. The number of esters is 1. The van der Waals surface area contributed by atoms with Crippen molar-refractivity contribution in [3.63, 3.8) is 0 Å². The Labute approximate surface area is 80.7 Å². The fourth-order valence-electron chi connectivity index (χ4n) is 1.02. The second-order valence-electron chi connectivity index (χ2n) is 2.97. The summed E-state index contributed by atoms with van der Waals surface area (Å²) in [7, 11) is 0. The number of hydrogen-bond donors (Lipinski definition) is 0. The first-order valence-electron chi connectivity index (χ1n) is 4.42. The summed E-state index contributed by atoms with van der Waals surface area (Å²) in [4.78, 5) is 10.9. The number of carbonyl (C=O) groups is 1. The molecular weight excluding hydrogens is 194 g/mol. The first-order chi connectivity index (χ1) is 6.77. The third kappa shape index (κ3) is 3.06. The highest BCUT2D eigenvalue weighted by Crippen LogP contribution is 2.14. The zero-order valence-corrected chi connectivity index (χ0v) is 7.67. The van der Waals surface area contributed by atoms with Crippen LogP contribution < -0.4 is 0 Å². The summed E-state index contributed by atoms with van der Waals surface area (Å²) >= 11 is 0. The van der Waals surface area contributed by atoms with Gasteiger partial charge in [-0.2, -0.15) is 0 Å². The summed E-state index contributed by atoms with van der Waals surface area (Å²) in [5.74, 6) is -0.936. The van der Waals surface area contributed by atoms with Gasteiger partial charge in [0.1, 0.15) is 6.67 Å². The quantitative estimate of drug-likeness (QED) is 0.505. The number of ether oxygens (including phenoxy) is 2. The standard InChI is InChI=1S/C9H12F2O3/c10-5-7(6-11)9(12)14-4-2-8-1-3-13-8/h5,8H,1-4,6H2. The number of hydrogen-bond acceptors (Lipinski definition) is 3. The van der Waals surface area contributed by atoms with Gasteiger partial charge in [-0.25, -0.2) is 13.6 Å². The van der Waals surface area contributed by atoms with Gasteiger partial charge in [-0.15, -0.1) is 0 Å². The van der Waals surface area contributed by atoms with Crippen molar-refractivity contribution in [3.8, 4) is 0 Å². The van der Waals surface area contributed by atoms with Crippen LogP contribution in [0.25, 0.3) is 0 Å². The van der Waals surface area contributed by atoms with Crippen molar-refractivity contribution in [1.82, 2.24) is 0 Å². The van der Waals surface area contributed by atoms with Crippen molar-refractivity contribution in [2.45, 2.75) is 18.9 Å². The zero-order chi connectivity index (χ0) is 10.4. The third-order valence-electron chi connectivity index (χ3n) is 2.00. The maximum Gasteiger partial charge on any atom is 0.339 e. The molecule has 1 aliphatic rings. The van der Waals surface area contributed by atoms with Crippen LogP contribution in [0.2, 0.25) is 0 Å². The molecule has 1 heterocycles. The van der Waals surface area contributed by atoms with Crippen LogP contribution in [0.1, 0.15) is 12.8 Å². The predicted molar refractivity (Wildman–Crippen MR) is 45.1 cm³/mol. The summed E-state index contributed by atoms with van der Waals surface area (Å²) < 4.78 is 33.5. The van der Waals surface area contributed by atoms with E-state index in [1.807, 2.05) is 0 Å². The summed E-state index contributed by atoms with van der Waals surface area (Å²) in [6, 6.07) is 0. The molecule has 0 aromatic heterocycles. The van der Waals surface area contributed by atoms with Crippen molar-refractivity contribution in [2.24, 2.45) is 0 Å². The smallest absolute Gasteiger partial charge is 0.339 e. The lowest BCUT2D eigenvalue weighted by molar-refractivity contribution is -0.141. The number of carbonyl (C=O) groups excluding carboxylic acids is 1. The molecule has 1 fully saturated rings. The lowest BCUT2D eigenvalue weighted by Gasteiger charge is -2.25. The summed E-state index contributed by atoms with van der Waals surface area (Å²) in [6.45, 7) is -0.269. The average molecular weight is 206 g/mol. The minimum absolute atomic E-state index is 0.0673. The monoisotopic (exact) mass is 206 g/mol. The molecule has 3 nitrogen and oxygen atoms in total. The normalized spacial score (nSPS) is 21.6. The van der Waals surface area contributed by atoms with Gasteiger partial charge in [0, 0.05) is 13.0 Å². The van der Waals surface area contributed by atoms with Crippen LogP contribution in [0.4, 0.5) is 8.78 Å². The molecule has 1 saturated heterocycles. The van der Waals surface area contributed by atoms with Crippen molar-refractivity contribution in [3.05, 3.63) is 11.9 Å². The van der Waals surface area contributed by atoms with Crippen LogP contribution >= 0.6 is 0 Å². The molecule has 0 amide bonds. The molecule has 0 spiro atoms. The Bertz CT molecular complexity index is 224. The van der Waals surface area contributed by atoms with E-state index in [9.17, 15) is 13.6 Å². The van der Waals surface area contributed by atoms with E-state index in [0.717, 1.165) is 13.0 Å². The Kier molecular flexibility index (Phi) is 4.52. The second-order valence-corrected chi connectivity index (χ2v) is 2.97. The fraction of sp³-hybridized carbons (Fsp3) is 0.667. The molecule has 5 heteroatoms. The molecule has 0 saturated carbocycles. The van der Waals surface area contributed by atoms with Crippen LogP contribution in [-0.2, 0) is 14.3 Å². The van der Waals surface area contributed by atoms with Crippen LogP contribution in [0.15, 0.2) is 11.9 Å². The minimum atomic E-state index is -1.14. The van der Waals surface area contributed by atoms with Crippen molar-refractivity contribution in [1.29, 1.82) is 0 Å². The molecule has 0 bridgehead atoms. The first-order valence-corrected chi connectivity index (χ1v) is 4.42. The molecule has 0 aromatic rings. The Balaban J connectivity index is 2.13. The van der Waals surface area contributed by atoms with E-state index in [1.54, 1.807) is 0 Å². The molecule has 1 unspecified atom stereocenters. The van der Waals surface area contributed by atoms with Gasteiger partial charge in [0.15, 0.2) is 0 Å². The van der Waals surface area contributed by atoms with Gasteiger partial charge in [0.05, 0.1) is 24.6 Å². The van der Waals surface area contributed by atoms with E-state index in [4.69, 9.17) is 4.74 Å². The highest BCUT2D eigenvalue weighted by Gasteiger charge is 2.19. The van der Waals surface area contributed by atoms with E-state index in [1.165, 1.54) is 0 Å². The molecule has 1 aliphatic heterocycles. The third-order valence-corrected chi connectivity index (χ3v) is 2.00. The van der Waals surface area contributed by atoms with Crippen LogP contribution in [0, 0.1) is 0 Å². The Morgan fingerprint density at radius 2 is 2.36 bits per heavy atom. The van der Waals surface area contributed by atoms with Gasteiger partial charge in [-0.05, 0) is 6.42 Å². The highest BCUT2D eigenvalue weighted by atomic mass is 19.1. The van der Waals surface area contributed by atoms with E-state index < -0.39 is 18.2 Å². The predicted octanol–water partition coefficient (Wildman–Crippen LogP) is 1.53. The van der Waals surface area contributed by atoms with Crippen molar-refractivity contribution < 1.29 is 23.0 Å². The van der Waals surface area contributed by atoms with E-state index in [0.29, 0.717) is 6.42 Å².